The van der Waals surface area contributed by atoms with Crippen LogP contribution in [0.5, 0.6) is 0 Å². The molecule has 3 saturated heterocycles. The van der Waals surface area contributed by atoms with Gasteiger partial charge in [0.25, 0.3) is 0 Å². The van der Waals surface area contributed by atoms with Gasteiger partial charge in [0.05, 0.1) is 17.8 Å². The van der Waals surface area contributed by atoms with Gasteiger partial charge in [0.15, 0.2) is 0 Å². The highest BCUT2D eigenvalue weighted by molar-refractivity contribution is 5.86. The summed E-state index contributed by atoms with van der Waals surface area (Å²) in [5, 5.41) is 42.5. The van der Waals surface area contributed by atoms with Crippen LogP contribution in [0.4, 0.5) is 0 Å². The first kappa shape index (κ1) is 39.7. The van der Waals surface area contributed by atoms with Crippen LogP contribution in [0.2, 0.25) is 0 Å². The fourth-order valence-electron chi connectivity index (χ4n) is 9.46. The Bertz CT molecular complexity index is 1880. The van der Waals surface area contributed by atoms with Crippen molar-refractivity contribution in [3.63, 3.8) is 0 Å². The molecule has 1 aromatic heterocycles. The van der Waals surface area contributed by atoms with E-state index in [0.29, 0.717) is 38.9 Å². The van der Waals surface area contributed by atoms with Gasteiger partial charge in [0.1, 0.15) is 0 Å². The quantitative estimate of drug-likeness (QED) is 0.0777. The van der Waals surface area contributed by atoms with Gasteiger partial charge in [-0.1, -0.05) is 66.7 Å². The van der Waals surface area contributed by atoms with Gasteiger partial charge in [-0.05, 0) is 129 Å². The molecule has 3 aromatic carbocycles. The molecule has 4 aromatic rings. The Labute approximate surface area is 329 Å². The van der Waals surface area contributed by atoms with Crippen molar-refractivity contribution in [2.45, 2.75) is 58.2 Å². The number of fused-ring (bicyclic) bond motifs is 1. The Morgan fingerprint density at radius 2 is 1.09 bits per heavy atom. The highest BCUT2D eigenvalue weighted by Crippen LogP contribution is 2.29. The lowest BCUT2D eigenvalue weighted by molar-refractivity contribution is -0.144. The molecule has 0 saturated carbocycles. The van der Waals surface area contributed by atoms with Crippen LogP contribution in [-0.2, 0) is 53.3 Å². The molecule has 0 radical (unpaired) electrons. The van der Waals surface area contributed by atoms with Crippen LogP contribution in [0, 0.1) is 35.5 Å². The zero-order valence-electron chi connectivity index (χ0n) is 32.2. The Hall–Kier alpha value is -4.55. The van der Waals surface area contributed by atoms with E-state index < -0.39 is 35.7 Å². The largest absolute Gasteiger partial charge is 0.481 e. The van der Waals surface area contributed by atoms with E-state index in [-0.39, 0.29) is 17.8 Å². The molecule has 11 nitrogen and oxygen atoms in total. The number of aliphatic carboxylic acids is 3. The number of benzene rings is 3. The van der Waals surface area contributed by atoms with Crippen LogP contribution in [0.25, 0.3) is 10.8 Å². The van der Waals surface area contributed by atoms with Gasteiger partial charge in [-0.3, -0.25) is 19.3 Å². The first-order valence-corrected chi connectivity index (χ1v) is 20.5. The van der Waals surface area contributed by atoms with E-state index in [9.17, 15) is 29.7 Å². The zero-order valence-corrected chi connectivity index (χ0v) is 32.2. The fourth-order valence-corrected chi connectivity index (χ4v) is 9.46. The lowest BCUT2D eigenvalue weighted by Gasteiger charge is -2.24. The van der Waals surface area contributed by atoms with Crippen LogP contribution < -0.4 is 16.0 Å². The molecule has 3 aliphatic heterocycles. The number of rotatable bonds is 19. The maximum absolute atomic E-state index is 12.3. The molecule has 0 aliphatic carbocycles. The van der Waals surface area contributed by atoms with Crippen LogP contribution in [0.15, 0.2) is 79.1 Å². The smallest absolute Gasteiger partial charge is 0.307 e. The van der Waals surface area contributed by atoms with Crippen LogP contribution in [0.1, 0.15) is 47.1 Å². The molecule has 11 heteroatoms. The first-order valence-electron chi connectivity index (χ1n) is 20.5. The average molecular weight is 764 g/mol. The second kappa shape index (κ2) is 18.6. The van der Waals surface area contributed by atoms with E-state index >= 15 is 0 Å². The molecule has 56 heavy (non-hydrogen) atoms. The van der Waals surface area contributed by atoms with E-state index in [1.54, 1.807) is 0 Å². The summed E-state index contributed by atoms with van der Waals surface area (Å²) in [6.07, 6.45) is 8.44. The summed E-state index contributed by atoms with van der Waals surface area (Å²) in [6, 6.07) is 22.9. The number of carbonyl (C=O) groups is 3. The molecule has 6 N–H and O–H groups in total. The van der Waals surface area contributed by atoms with Gasteiger partial charge in [-0.25, -0.2) is 0 Å². The number of hydrogen-bond acceptors (Lipinski definition) is 7. The highest BCUT2D eigenvalue weighted by atomic mass is 16.4. The third-order valence-electron chi connectivity index (χ3n) is 12.6. The SMILES string of the molecule is O=C(O)[C@@H](Cc1cccc(CN(CCn2cc3cccc(C[C@H](C(=O)O)[C@H]4CCNC4)c3c2)Cc2cccc(C[C@H](C(=O)O)[C@H]3CCNC3)c2)c1)[C@H]1CCNC1. The van der Waals surface area contributed by atoms with Crippen molar-refractivity contribution in [1.29, 1.82) is 0 Å². The number of carboxylic acids is 3. The summed E-state index contributed by atoms with van der Waals surface area (Å²) in [5.41, 5.74) is 5.36. The molecule has 0 unspecified atom stereocenters. The van der Waals surface area contributed by atoms with Crippen LogP contribution in [0.3, 0.4) is 0 Å². The fraction of sp³-hybridized carbons (Fsp3) is 0.489. The molecule has 298 valence electrons. The normalized spacial score (nSPS) is 21.4. The van der Waals surface area contributed by atoms with E-state index in [1.165, 1.54) is 0 Å². The van der Waals surface area contributed by atoms with Gasteiger partial charge >= 0.3 is 17.9 Å². The Morgan fingerprint density at radius 3 is 1.55 bits per heavy atom. The molecule has 0 spiro atoms. The van der Waals surface area contributed by atoms with Crippen molar-refractivity contribution in [1.82, 2.24) is 25.4 Å². The summed E-state index contributed by atoms with van der Waals surface area (Å²) in [6.45, 7) is 7.57. The van der Waals surface area contributed by atoms with E-state index in [1.807, 2.05) is 30.3 Å². The average Bonchev–Trinajstić information content (AvgIpc) is 4.03. The summed E-state index contributed by atoms with van der Waals surface area (Å²) in [7, 11) is 0. The van der Waals surface area contributed by atoms with Crippen molar-refractivity contribution < 1.29 is 29.7 Å². The predicted molar refractivity (Wildman–Crippen MR) is 216 cm³/mol. The standard InChI is InChI=1S/C45H57N5O6/c51-43(52)39(35-10-13-46-23-35)20-30-4-1-6-32(18-30)26-49(27-33-7-2-5-31(19-33)21-40(44(53)54)36-11-14-47-24-36)16-17-50-28-38-9-3-8-34(42(38)29-50)22-41(45(55)56)37-12-15-48-25-37/h1-9,18-19,28-29,35-37,39-41,46-48H,10-17,20-27H2,(H,51,52)(H,53,54)(H,55,56)/t35-,36-,37-,39-,40-,41-/m0/s1. The number of nitrogens with one attached hydrogen (secondary N) is 3. The first-order chi connectivity index (χ1) is 27.2. The number of nitrogens with zero attached hydrogens (tertiary/aromatic N) is 2. The van der Waals surface area contributed by atoms with Crippen molar-refractivity contribution in [3.05, 3.63) is 107 Å². The van der Waals surface area contributed by atoms with Gasteiger partial charge in [0, 0.05) is 44.0 Å². The Kier molecular flexibility index (Phi) is 13.2. The number of carboxylic acid groups (broad SMARTS) is 3. The van der Waals surface area contributed by atoms with Gasteiger partial charge in [0.2, 0.25) is 0 Å². The molecular weight excluding hydrogens is 707 g/mol. The molecule has 0 amide bonds. The van der Waals surface area contributed by atoms with E-state index in [2.05, 4.69) is 74.2 Å². The summed E-state index contributed by atoms with van der Waals surface area (Å²) in [5.74, 6) is -3.13. The monoisotopic (exact) mass is 763 g/mol. The van der Waals surface area contributed by atoms with Gasteiger partial charge < -0.3 is 35.8 Å². The molecule has 3 aliphatic rings. The molecular formula is C45H57N5O6. The summed E-state index contributed by atoms with van der Waals surface area (Å²) >= 11 is 0. The molecule has 4 heterocycles. The molecule has 3 fully saturated rings. The third kappa shape index (κ3) is 10.1. The molecule has 7 rings (SSSR count). The van der Waals surface area contributed by atoms with Crippen LogP contribution >= 0.6 is 0 Å². The molecule has 0 bridgehead atoms. The minimum Gasteiger partial charge on any atom is -0.481 e. The second-order valence-electron chi connectivity index (χ2n) is 16.5. The van der Waals surface area contributed by atoms with Crippen molar-refractivity contribution in [3.8, 4) is 0 Å². The lowest BCUT2D eigenvalue weighted by atomic mass is 9.85. The van der Waals surface area contributed by atoms with Gasteiger partial charge in [-0.2, -0.15) is 0 Å². The maximum atomic E-state index is 12.3. The number of aromatic nitrogens is 1. The third-order valence-corrected chi connectivity index (χ3v) is 12.6. The minimum absolute atomic E-state index is 0.123. The number of hydrogen-bond donors (Lipinski definition) is 6. The highest BCUT2D eigenvalue weighted by Gasteiger charge is 2.33. The summed E-state index contributed by atoms with van der Waals surface area (Å²) in [4.78, 5) is 39.4. The van der Waals surface area contributed by atoms with Crippen molar-refractivity contribution in [2.24, 2.45) is 35.5 Å². The predicted octanol–water partition coefficient (Wildman–Crippen LogP) is 4.90. The van der Waals surface area contributed by atoms with Crippen LogP contribution in [-0.4, -0.2) is 88.5 Å². The Morgan fingerprint density at radius 1 is 0.625 bits per heavy atom. The van der Waals surface area contributed by atoms with Gasteiger partial charge in [-0.15, -0.1) is 0 Å². The molecule has 6 atom stereocenters. The second-order valence-corrected chi connectivity index (χ2v) is 16.5. The van der Waals surface area contributed by atoms with Crippen molar-refractivity contribution >= 4 is 28.7 Å². The van der Waals surface area contributed by atoms with E-state index in [0.717, 1.165) is 104 Å². The maximum Gasteiger partial charge on any atom is 0.307 e. The summed E-state index contributed by atoms with van der Waals surface area (Å²) < 4.78 is 2.21. The minimum atomic E-state index is -0.740. The van der Waals surface area contributed by atoms with Crippen molar-refractivity contribution in [2.75, 3.05) is 45.8 Å². The Balaban J connectivity index is 1.10. The topological polar surface area (TPSA) is 156 Å². The lowest BCUT2D eigenvalue weighted by Crippen LogP contribution is -2.28. The van der Waals surface area contributed by atoms with E-state index in [4.69, 9.17) is 0 Å². The zero-order chi connectivity index (χ0) is 39.0.